The second-order valence-corrected chi connectivity index (χ2v) is 4.70. The molecule has 0 aromatic carbocycles. The van der Waals surface area contributed by atoms with Crippen molar-refractivity contribution in [1.29, 1.82) is 0 Å². The summed E-state index contributed by atoms with van der Waals surface area (Å²) in [6.45, 7) is 2.98. The van der Waals surface area contributed by atoms with Crippen LogP contribution in [0.2, 0.25) is 5.02 Å². The zero-order valence-electron chi connectivity index (χ0n) is 11.2. The van der Waals surface area contributed by atoms with Crippen LogP contribution in [0.5, 0.6) is 0 Å². The van der Waals surface area contributed by atoms with Gasteiger partial charge in [-0.15, -0.1) is 0 Å². The van der Waals surface area contributed by atoms with E-state index in [1.807, 2.05) is 0 Å². The van der Waals surface area contributed by atoms with Crippen molar-refractivity contribution in [2.24, 2.45) is 5.92 Å². The van der Waals surface area contributed by atoms with Gasteiger partial charge in [0, 0.05) is 6.54 Å². The molecular formula is C11H14ClF6N3. The molecule has 0 aliphatic heterocycles. The largest absolute Gasteiger partial charge is 0.402 e. The Hall–Kier alpha value is -0.960. The summed E-state index contributed by atoms with van der Waals surface area (Å²) in [6, 6.07) is -2.05. The number of nitrogens with one attached hydrogen (secondary N) is 1. The van der Waals surface area contributed by atoms with E-state index in [9.17, 15) is 26.3 Å². The molecular weight excluding hydrogens is 324 g/mol. The first-order valence-electron chi connectivity index (χ1n) is 6.12. The fourth-order valence-corrected chi connectivity index (χ4v) is 2.35. The maximum absolute atomic E-state index is 12.9. The molecule has 0 saturated heterocycles. The number of hydrogen-bond donors (Lipinski definition) is 1. The van der Waals surface area contributed by atoms with Crippen LogP contribution >= 0.6 is 11.6 Å². The molecule has 3 nitrogen and oxygen atoms in total. The third kappa shape index (κ3) is 4.03. The molecule has 10 heteroatoms. The van der Waals surface area contributed by atoms with Gasteiger partial charge in [-0.1, -0.05) is 18.5 Å². The predicted molar refractivity (Wildman–Crippen MR) is 64.9 cm³/mol. The molecule has 0 radical (unpaired) electrons. The van der Waals surface area contributed by atoms with Crippen LogP contribution in [0.4, 0.5) is 26.3 Å². The first kappa shape index (κ1) is 18.1. The highest BCUT2D eigenvalue weighted by molar-refractivity contribution is 6.31. The summed E-state index contributed by atoms with van der Waals surface area (Å²) >= 11 is 5.74. The topological polar surface area (TPSA) is 29.9 Å². The highest BCUT2D eigenvalue weighted by Gasteiger charge is 2.61. The van der Waals surface area contributed by atoms with Crippen LogP contribution in [0.25, 0.3) is 0 Å². The summed E-state index contributed by atoms with van der Waals surface area (Å²) in [6.07, 6.45) is -9.89. The van der Waals surface area contributed by atoms with E-state index in [2.05, 4.69) is 10.4 Å². The fraction of sp³-hybridized carbons (Fsp3) is 0.727. The maximum Gasteiger partial charge on any atom is 0.402 e. The molecule has 0 aliphatic rings. The third-order valence-corrected chi connectivity index (χ3v) is 3.18. The molecule has 122 valence electrons. The van der Waals surface area contributed by atoms with Crippen LogP contribution in [0.3, 0.4) is 0 Å². The molecule has 1 aromatic heterocycles. The van der Waals surface area contributed by atoms with Gasteiger partial charge in [-0.2, -0.15) is 31.4 Å². The van der Waals surface area contributed by atoms with Crippen molar-refractivity contribution >= 4 is 11.6 Å². The molecule has 0 saturated carbocycles. The Kier molecular flexibility index (Phi) is 5.54. The monoisotopic (exact) mass is 337 g/mol. The summed E-state index contributed by atoms with van der Waals surface area (Å²) in [5, 5.41) is 5.69. The van der Waals surface area contributed by atoms with Gasteiger partial charge in [0.2, 0.25) is 0 Å². The Bertz CT molecular complexity index is 454. The summed E-state index contributed by atoms with van der Waals surface area (Å²) in [7, 11) is 0. The van der Waals surface area contributed by atoms with Gasteiger partial charge in [0.05, 0.1) is 23.0 Å². The zero-order chi connectivity index (χ0) is 16.4. The van der Waals surface area contributed by atoms with Crippen molar-refractivity contribution in [1.82, 2.24) is 15.1 Å². The molecule has 1 heterocycles. The molecule has 1 atom stereocenters. The fourth-order valence-electron chi connectivity index (χ4n) is 2.09. The van der Waals surface area contributed by atoms with Crippen LogP contribution in [0.15, 0.2) is 6.20 Å². The summed E-state index contributed by atoms with van der Waals surface area (Å²) in [4.78, 5) is 0. The van der Waals surface area contributed by atoms with Gasteiger partial charge in [0.25, 0.3) is 0 Å². The Balaban J connectivity index is 3.41. The number of halogens is 7. The molecule has 0 aliphatic carbocycles. The lowest BCUT2D eigenvalue weighted by Gasteiger charge is -2.31. The Morgan fingerprint density at radius 2 is 1.71 bits per heavy atom. The molecule has 0 amide bonds. The summed E-state index contributed by atoms with van der Waals surface area (Å²) < 4.78 is 78.5. The zero-order valence-corrected chi connectivity index (χ0v) is 11.9. The van der Waals surface area contributed by atoms with Gasteiger partial charge in [-0.3, -0.25) is 4.68 Å². The van der Waals surface area contributed by atoms with Gasteiger partial charge >= 0.3 is 12.4 Å². The van der Waals surface area contributed by atoms with Crippen LogP contribution in [-0.2, 0) is 6.54 Å². The molecule has 0 bridgehead atoms. The number of aryl methyl sites for hydroxylation is 1. The van der Waals surface area contributed by atoms with Crippen LogP contribution < -0.4 is 5.32 Å². The summed E-state index contributed by atoms with van der Waals surface area (Å²) in [5.74, 6) is -3.57. The maximum atomic E-state index is 12.9. The smallest absolute Gasteiger partial charge is 0.308 e. The van der Waals surface area contributed by atoms with Crippen molar-refractivity contribution in [3.8, 4) is 0 Å². The molecule has 1 unspecified atom stereocenters. The average Bonchev–Trinajstić information content (AvgIpc) is 2.66. The minimum atomic E-state index is -5.46. The van der Waals surface area contributed by atoms with Gasteiger partial charge in [0.1, 0.15) is 0 Å². The highest BCUT2D eigenvalue weighted by Crippen LogP contribution is 2.47. The van der Waals surface area contributed by atoms with Crippen molar-refractivity contribution in [2.45, 2.75) is 38.8 Å². The lowest BCUT2D eigenvalue weighted by atomic mass is 9.95. The second-order valence-electron chi connectivity index (χ2n) is 4.29. The number of rotatable bonds is 5. The van der Waals surface area contributed by atoms with E-state index >= 15 is 0 Å². The quantitative estimate of drug-likeness (QED) is 0.825. The van der Waals surface area contributed by atoms with E-state index in [4.69, 9.17) is 11.6 Å². The molecule has 1 aromatic rings. The minimum Gasteiger partial charge on any atom is -0.308 e. The molecule has 1 rings (SSSR count). The van der Waals surface area contributed by atoms with E-state index in [-0.39, 0.29) is 23.8 Å². The molecule has 0 spiro atoms. The van der Waals surface area contributed by atoms with Crippen LogP contribution in [-0.4, -0.2) is 28.7 Å². The Morgan fingerprint density at radius 1 is 1.19 bits per heavy atom. The van der Waals surface area contributed by atoms with Crippen molar-refractivity contribution < 1.29 is 26.3 Å². The van der Waals surface area contributed by atoms with Gasteiger partial charge < -0.3 is 5.32 Å². The number of hydrogen-bond acceptors (Lipinski definition) is 2. The third-order valence-electron chi connectivity index (χ3n) is 2.89. The van der Waals surface area contributed by atoms with Crippen LogP contribution in [0.1, 0.15) is 25.6 Å². The van der Waals surface area contributed by atoms with Gasteiger partial charge in [-0.25, -0.2) is 0 Å². The summed E-state index contributed by atoms with van der Waals surface area (Å²) in [5.41, 5.74) is -0.319. The highest BCUT2D eigenvalue weighted by atomic mass is 35.5. The van der Waals surface area contributed by atoms with E-state index in [0.717, 1.165) is 10.9 Å². The number of nitrogens with zero attached hydrogens (tertiary/aromatic N) is 2. The number of aromatic nitrogens is 2. The van der Waals surface area contributed by atoms with Crippen molar-refractivity contribution in [2.75, 3.05) is 6.54 Å². The predicted octanol–water partition coefficient (Wildman–Crippen LogP) is 3.95. The minimum absolute atomic E-state index is 0.0848. The van der Waals surface area contributed by atoms with Crippen molar-refractivity contribution in [3.05, 3.63) is 16.9 Å². The van der Waals surface area contributed by atoms with E-state index in [0.29, 0.717) is 0 Å². The lowest BCUT2D eigenvalue weighted by molar-refractivity contribution is -0.293. The van der Waals surface area contributed by atoms with Gasteiger partial charge in [-0.05, 0) is 13.5 Å². The van der Waals surface area contributed by atoms with E-state index in [1.54, 1.807) is 6.92 Å². The SMILES string of the molecule is CCNC(c1c(Cl)cnn1CC)C(C(F)(F)F)C(F)(F)F. The first-order chi connectivity index (χ1) is 9.54. The normalized spacial score (nSPS) is 14.8. The number of alkyl halides is 6. The van der Waals surface area contributed by atoms with Crippen molar-refractivity contribution in [3.63, 3.8) is 0 Å². The van der Waals surface area contributed by atoms with E-state index in [1.165, 1.54) is 6.92 Å². The molecule has 21 heavy (non-hydrogen) atoms. The average molecular weight is 338 g/mol. The Labute approximate surface area is 122 Å². The second kappa shape index (κ2) is 6.43. The lowest BCUT2D eigenvalue weighted by Crippen LogP contribution is -2.46. The Morgan fingerprint density at radius 3 is 2.10 bits per heavy atom. The van der Waals surface area contributed by atoms with E-state index < -0.39 is 24.3 Å². The standard InChI is InChI=1S/C11H14ClF6N3/c1-3-19-7(8-6(12)5-20-21(8)4-2)9(10(13,14)15)11(16,17)18/h5,7,9,19H,3-4H2,1-2H3. The molecule has 1 N–H and O–H groups in total. The molecule has 0 fully saturated rings. The van der Waals surface area contributed by atoms with Crippen LogP contribution in [0, 0.1) is 5.92 Å². The first-order valence-corrected chi connectivity index (χ1v) is 6.49. The van der Waals surface area contributed by atoms with Gasteiger partial charge in [0.15, 0.2) is 5.92 Å².